The fourth-order valence-electron chi connectivity index (χ4n) is 3.01. The van der Waals surface area contributed by atoms with E-state index in [1.54, 1.807) is 0 Å². The summed E-state index contributed by atoms with van der Waals surface area (Å²) in [6.45, 7) is 0.827. The lowest BCUT2D eigenvalue weighted by atomic mass is 10.2. The summed E-state index contributed by atoms with van der Waals surface area (Å²) >= 11 is 0. The average Bonchev–Trinajstić information content (AvgIpc) is 2.68. The standard InChI is InChI=1S/C18H21FN2O5S2/c1-26-17-10-7-15(20-27(22,23)16-8-5-14(19)6-9-16)13-18(17)28(24,25)21-11-3-2-4-12-21/h5-10,13,20H,2-4,11-12H2,1H3. The molecule has 3 rings (SSSR count). The minimum Gasteiger partial charge on any atom is -0.495 e. The van der Waals surface area contributed by atoms with Crippen LogP contribution in [-0.4, -0.2) is 41.3 Å². The van der Waals surface area contributed by atoms with Crippen LogP contribution in [0, 0.1) is 5.82 Å². The number of anilines is 1. The minimum atomic E-state index is -4.00. The van der Waals surface area contributed by atoms with Crippen molar-refractivity contribution in [2.24, 2.45) is 0 Å². The van der Waals surface area contributed by atoms with Gasteiger partial charge in [0.2, 0.25) is 10.0 Å². The molecule has 1 aliphatic heterocycles. The number of rotatable bonds is 6. The Bertz CT molecular complexity index is 1050. The number of sulfonamides is 2. The largest absolute Gasteiger partial charge is 0.495 e. The number of piperidine rings is 1. The van der Waals surface area contributed by atoms with Crippen molar-refractivity contribution in [3.63, 3.8) is 0 Å². The molecule has 0 saturated carbocycles. The second-order valence-corrected chi connectivity index (χ2v) is 9.98. The number of halogens is 1. The zero-order chi connectivity index (χ0) is 20.4. The van der Waals surface area contributed by atoms with Crippen molar-refractivity contribution in [3.8, 4) is 5.75 Å². The van der Waals surface area contributed by atoms with Crippen LogP contribution in [0.3, 0.4) is 0 Å². The van der Waals surface area contributed by atoms with Crippen LogP contribution in [0.25, 0.3) is 0 Å². The number of ether oxygens (including phenoxy) is 1. The Morgan fingerprint density at radius 2 is 1.61 bits per heavy atom. The summed E-state index contributed by atoms with van der Waals surface area (Å²) < 4.78 is 73.0. The van der Waals surface area contributed by atoms with E-state index in [2.05, 4.69) is 4.72 Å². The molecule has 0 atom stereocenters. The summed E-state index contributed by atoms with van der Waals surface area (Å²) in [5.74, 6) is -0.423. The van der Waals surface area contributed by atoms with Gasteiger partial charge in [-0.05, 0) is 55.3 Å². The quantitative estimate of drug-likeness (QED) is 0.764. The van der Waals surface area contributed by atoms with Crippen molar-refractivity contribution in [3.05, 3.63) is 48.3 Å². The summed E-state index contributed by atoms with van der Waals surface area (Å²) in [5.41, 5.74) is 0.0701. The fourth-order valence-corrected chi connectivity index (χ4v) is 5.76. The Kier molecular flexibility index (Phi) is 5.92. The Morgan fingerprint density at radius 3 is 2.21 bits per heavy atom. The van der Waals surface area contributed by atoms with Gasteiger partial charge in [0.1, 0.15) is 16.5 Å². The summed E-state index contributed by atoms with van der Waals surface area (Å²) in [5, 5.41) is 0. The number of nitrogens with zero attached hydrogens (tertiary/aromatic N) is 1. The molecule has 10 heteroatoms. The van der Waals surface area contributed by atoms with Gasteiger partial charge in [0, 0.05) is 13.1 Å². The SMILES string of the molecule is COc1ccc(NS(=O)(=O)c2ccc(F)cc2)cc1S(=O)(=O)N1CCCCC1. The van der Waals surface area contributed by atoms with Crippen LogP contribution < -0.4 is 9.46 Å². The van der Waals surface area contributed by atoms with Gasteiger partial charge in [-0.25, -0.2) is 21.2 Å². The highest BCUT2D eigenvalue weighted by molar-refractivity contribution is 7.92. The first-order valence-electron chi connectivity index (χ1n) is 8.70. The van der Waals surface area contributed by atoms with Gasteiger partial charge < -0.3 is 4.74 Å². The van der Waals surface area contributed by atoms with Crippen molar-refractivity contribution < 1.29 is 26.0 Å². The third-order valence-electron chi connectivity index (χ3n) is 4.47. The molecule has 0 unspecified atom stereocenters. The Hall–Kier alpha value is -2.17. The van der Waals surface area contributed by atoms with Crippen LogP contribution >= 0.6 is 0 Å². The molecule has 1 aliphatic rings. The summed E-state index contributed by atoms with van der Waals surface area (Å²) in [6, 6.07) is 8.39. The van der Waals surface area contributed by atoms with Crippen LogP contribution in [-0.2, 0) is 20.0 Å². The summed E-state index contributed by atoms with van der Waals surface area (Å²) in [4.78, 5) is -0.235. The lowest BCUT2D eigenvalue weighted by Gasteiger charge is -2.26. The molecular formula is C18H21FN2O5S2. The Labute approximate surface area is 164 Å². The molecular weight excluding hydrogens is 407 g/mol. The van der Waals surface area contributed by atoms with Gasteiger partial charge in [0.15, 0.2) is 0 Å². The van der Waals surface area contributed by atoms with Gasteiger partial charge in [-0.15, -0.1) is 0 Å². The number of nitrogens with one attached hydrogen (secondary N) is 1. The second kappa shape index (κ2) is 8.06. The van der Waals surface area contributed by atoms with E-state index in [1.807, 2.05) is 0 Å². The van der Waals surface area contributed by atoms with Gasteiger partial charge >= 0.3 is 0 Å². The van der Waals surface area contributed by atoms with Gasteiger partial charge in [-0.3, -0.25) is 4.72 Å². The molecule has 1 heterocycles. The summed E-state index contributed by atoms with van der Waals surface area (Å²) in [6.07, 6.45) is 2.53. The van der Waals surface area contributed by atoms with Crippen LogP contribution in [0.5, 0.6) is 5.75 Å². The minimum absolute atomic E-state index is 0.0701. The molecule has 0 bridgehead atoms. The first kappa shape index (κ1) is 20.6. The molecule has 0 spiro atoms. The summed E-state index contributed by atoms with van der Waals surface area (Å²) in [7, 11) is -6.48. The Morgan fingerprint density at radius 1 is 0.964 bits per heavy atom. The molecule has 7 nitrogen and oxygen atoms in total. The number of benzene rings is 2. The molecule has 0 aromatic heterocycles. The predicted molar refractivity (Wildman–Crippen MR) is 103 cm³/mol. The van der Waals surface area contributed by atoms with E-state index in [0.717, 1.165) is 43.5 Å². The highest BCUT2D eigenvalue weighted by Crippen LogP contribution is 2.31. The Balaban J connectivity index is 1.95. The van der Waals surface area contributed by atoms with Crippen LogP contribution in [0.15, 0.2) is 52.3 Å². The van der Waals surface area contributed by atoms with Crippen LogP contribution in [0.2, 0.25) is 0 Å². The highest BCUT2D eigenvalue weighted by atomic mass is 32.2. The van der Waals surface area contributed by atoms with Crippen molar-refractivity contribution in [1.29, 1.82) is 0 Å². The van der Waals surface area contributed by atoms with E-state index >= 15 is 0 Å². The molecule has 1 saturated heterocycles. The van der Waals surface area contributed by atoms with Gasteiger partial charge in [-0.2, -0.15) is 4.31 Å². The van der Waals surface area contributed by atoms with Crippen molar-refractivity contribution >= 4 is 25.7 Å². The molecule has 1 N–H and O–H groups in total. The smallest absolute Gasteiger partial charge is 0.261 e. The van der Waals surface area contributed by atoms with E-state index < -0.39 is 25.9 Å². The third-order valence-corrected chi connectivity index (χ3v) is 7.79. The van der Waals surface area contributed by atoms with Crippen molar-refractivity contribution in [2.75, 3.05) is 24.9 Å². The van der Waals surface area contributed by atoms with Crippen molar-refractivity contribution in [2.45, 2.75) is 29.1 Å². The fraction of sp³-hybridized carbons (Fsp3) is 0.333. The van der Waals surface area contributed by atoms with Gasteiger partial charge in [-0.1, -0.05) is 6.42 Å². The first-order valence-corrected chi connectivity index (χ1v) is 11.6. The molecule has 2 aromatic carbocycles. The maximum atomic E-state index is 13.0. The van der Waals surface area contributed by atoms with Crippen LogP contribution in [0.1, 0.15) is 19.3 Å². The maximum absolute atomic E-state index is 13.0. The molecule has 0 amide bonds. The van der Waals surface area contributed by atoms with E-state index in [9.17, 15) is 21.2 Å². The number of methoxy groups -OCH3 is 1. The van der Waals surface area contributed by atoms with E-state index in [0.29, 0.717) is 13.1 Å². The van der Waals surface area contributed by atoms with E-state index in [1.165, 1.54) is 29.6 Å². The molecule has 0 aliphatic carbocycles. The van der Waals surface area contributed by atoms with Crippen LogP contribution in [0.4, 0.5) is 10.1 Å². The first-order chi connectivity index (χ1) is 13.2. The van der Waals surface area contributed by atoms with Gasteiger partial charge in [0.25, 0.3) is 10.0 Å². The van der Waals surface area contributed by atoms with Gasteiger partial charge in [0.05, 0.1) is 17.7 Å². The van der Waals surface area contributed by atoms with E-state index in [4.69, 9.17) is 4.74 Å². The average molecular weight is 429 g/mol. The second-order valence-electron chi connectivity index (χ2n) is 6.39. The molecule has 1 fully saturated rings. The molecule has 2 aromatic rings. The zero-order valence-electron chi connectivity index (χ0n) is 15.3. The number of hydrogen-bond donors (Lipinski definition) is 1. The maximum Gasteiger partial charge on any atom is 0.261 e. The highest BCUT2D eigenvalue weighted by Gasteiger charge is 2.29. The molecule has 152 valence electrons. The van der Waals surface area contributed by atoms with E-state index in [-0.39, 0.29) is 21.2 Å². The zero-order valence-corrected chi connectivity index (χ0v) is 16.9. The topological polar surface area (TPSA) is 92.8 Å². The lowest BCUT2D eigenvalue weighted by molar-refractivity contribution is 0.343. The molecule has 28 heavy (non-hydrogen) atoms. The molecule has 0 radical (unpaired) electrons. The lowest BCUT2D eigenvalue weighted by Crippen LogP contribution is -2.35. The number of hydrogen-bond acceptors (Lipinski definition) is 5. The normalized spacial score (nSPS) is 15.9. The van der Waals surface area contributed by atoms with Crippen molar-refractivity contribution in [1.82, 2.24) is 4.31 Å². The monoisotopic (exact) mass is 428 g/mol. The third kappa shape index (κ3) is 4.29. The predicted octanol–water partition coefficient (Wildman–Crippen LogP) is 2.81.